The van der Waals surface area contributed by atoms with Crippen LogP contribution < -0.4 is 4.83 Å². The van der Waals surface area contributed by atoms with Gasteiger partial charge in [0.15, 0.2) is 0 Å². The average molecular weight is 359 g/mol. The van der Waals surface area contributed by atoms with Gasteiger partial charge in [0.05, 0.1) is 11.1 Å². The molecular formula is C20H26N2O2S. The lowest BCUT2D eigenvalue weighted by atomic mass is 9.87. The van der Waals surface area contributed by atoms with Crippen LogP contribution >= 0.6 is 0 Å². The van der Waals surface area contributed by atoms with Gasteiger partial charge < -0.3 is 0 Å². The summed E-state index contributed by atoms with van der Waals surface area (Å²) in [5, 5.41) is 3.92. The summed E-state index contributed by atoms with van der Waals surface area (Å²) in [5.74, 6) is 0. The van der Waals surface area contributed by atoms with Gasteiger partial charge in [-0.05, 0) is 48.4 Å². The molecule has 2 aromatic rings. The van der Waals surface area contributed by atoms with Crippen molar-refractivity contribution in [2.24, 2.45) is 5.10 Å². The highest BCUT2D eigenvalue weighted by Crippen LogP contribution is 2.22. The van der Waals surface area contributed by atoms with Gasteiger partial charge in [-0.25, -0.2) is 4.83 Å². The van der Waals surface area contributed by atoms with Crippen molar-refractivity contribution in [3.8, 4) is 0 Å². The van der Waals surface area contributed by atoms with Crippen LogP contribution in [0.25, 0.3) is 0 Å². The molecule has 0 spiro atoms. The third-order valence-corrected chi connectivity index (χ3v) is 5.56. The third-order valence-electron chi connectivity index (χ3n) is 4.04. The number of nitrogens with one attached hydrogen (secondary N) is 1. The Bertz CT molecular complexity index is 867. The van der Waals surface area contributed by atoms with Gasteiger partial charge in [-0.3, -0.25) is 0 Å². The molecule has 0 atom stereocenters. The van der Waals surface area contributed by atoms with Crippen LogP contribution in [0.15, 0.2) is 46.4 Å². The van der Waals surface area contributed by atoms with Crippen LogP contribution in [0.2, 0.25) is 0 Å². The maximum Gasteiger partial charge on any atom is 0.277 e. The standard InChI is InChI=1S/C20H26N2O2S/c1-14-11-15(2)19(16(3)12-14)25(23,24)22-21-13-17-7-9-18(10-8-17)20(4,5)6/h7-13,22H,1-6H3/b21-13+. The Morgan fingerprint density at radius 1 is 0.960 bits per heavy atom. The highest BCUT2D eigenvalue weighted by Gasteiger charge is 2.19. The van der Waals surface area contributed by atoms with E-state index in [0.29, 0.717) is 4.90 Å². The van der Waals surface area contributed by atoms with Crippen molar-refractivity contribution in [3.05, 3.63) is 64.2 Å². The fourth-order valence-corrected chi connectivity index (χ4v) is 4.12. The Kier molecular flexibility index (Phi) is 5.37. The molecule has 0 bridgehead atoms. The first-order valence-electron chi connectivity index (χ1n) is 8.24. The molecule has 0 unspecified atom stereocenters. The first kappa shape index (κ1) is 19.2. The number of aryl methyl sites for hydroxylation is 3. The van der Waals surface area contributed by atoms with Gasteiger partial charge >= 0.3 is 0 Å². The summed E-state index contributed by atoms with van der Waals surface area (Å²) in [6.07, 6.45) is 1.52. The SMILES string of the molecule is Cc1cc(C)c(S(=O)(=O)N/N=C/c2ccc(C(C)(C)C)cc2)c(C)c1. The van der Waals surface area contributed by atoms with Gasteiger partial charge in [-0.1, -0.05) is 62.7 Å². The molecule has 2 aromatic carbocycles. The first-order valence-corrected chi connectivity index (χ1v) is 9.72. The number of hydrogen-bond acceptors (Lipinski definition) is 3. The smallest absolute Gasteiger partial charge is 0.200 e. The second-order valence-corrected chi connectivity index (χ2v) is 9.05. The van der Waals surface area contributed by atoms with E-state index in [9.17, 15) is 8.42 Å². The van der Waals surface area contributed by atoms with E-state index in [1.54, 1.807) is 13.8 Å². The van der Waals surface area contributed by atoms with Gasteiger partial charge in [0.25, 0.3) is 10.0 Å². The predicted molar refractivity (Wildman–Crippen MR) is 104 cm³/mol. The molecule has 5 heteroatoms. The van der Waals surface area contributed by atoms with Gasteiger partial charge in [0.1, 0.15) is 0 Å². The van der Waals surface area contributed by atoms with Crippen LogP contribution in [0, 0.1) is 20.8 Å². The highest BCUT2D eigenvalue weighted by molar-refractivity contribution is 7.89. The summed E-state index contributed by atoms with van der Waals surface area (Å²) in [4.78, 5) is 2.60. The number of hydrazone groups is 1. The van der Waals surface area contributed by atoms with Crippen LogP contribution in [0.4, 0.5) is 0 Å². The number of hydrogen-bond donors (Lipinski definition) is 1. The largest absolute Gasteiger partial charge is 0.277 e. The van der Waals surface area contributed by atoms with Crippen molar-refractivity contribution in [1.82, 2.24) is 4.83 Å². The van der Waals surface area contributed by atoms with E-state index < -0.39 is 10.0 Å². The molecule has 0 fully saturated rings. The van der Waals surface area contributed by atoms with E-state index in [0.717, 1.165) is 22.3 Å². The van der Waals surface area contributed by atoms with E-state index in [2.05, 4.69) is 30.7 Å². The Morgan fingerprint density at radius 2 is 1.48 bits per heavy atom. The van der Waals surface area contributed by atoms with Crippen molar-refractivity contribution in [2.75, 3.05) is 0 Å². The van der Waals surface area contributed by atoms with Gasteiger partial charge in [-0.15, -0.1) is 0 Å². The van der Waals surface area contributed by atoms with Crippen molar-refractivity contribution in [2.45, 2.75) is 51.9 Å². The maximum atomic E-state index is 12.5. The zero-order valence-corrected chi connectivity index (χ0v) is 16.5. The van der Waals surface area contributed by atoms with Gasteiger partial charge in [0, 0.05) is 0 Å². The lowest BCUT2D eigenvalue weighted by Crippen LogP contribution is -2.20. The van der Waals surface area contributed by atoms with Crippen LogP contribution in [0.3, 0.4) is 0 Å². The molecule has 0 radical (unpaired) electrons. The average Bonchev–Trinajstić information content (AvgIpc) is 2.45. The molecule has 0 saturated carbocycles. The topological polar surface area (TPSA) is 58.5 Å². The van der Waals surface area contributed by atoms with E-state index >= 15 is 0 Å². The van der Waals surface area contributed by atoms with E-state index in [4.69, 9.17) is 0 Å². The molecular weight excluding hydrogens is 332 g/mol. The molecule has 0 aromatic heterocycles. The van der Waals surface area contributed by atoms with E-state index in [1.165, 1.54) is 11.8 Å². The summed E-state index contributed by atoms with van der Waals surface area (Å²) in [6.45, 7) is 12.0. The summed E-state index contributed by atoms with van der Waals surface area (Å²) >= 11 is 0. The fourth-order valence-electron chi connectivity index (χ4n) is 2.88. The zero-order valence-electron chi connectivity index (χ0n) is 15.7. The highest BCUT2D eigenvalue weighted by atomic mass is 32.2. The predicted octanol–water partition coefficient (Wildman–Crippen LogP) is 4.22. The van der Waals surface area contributed by atoms with Crippen molar-refractivity contribution in [1.29, 1.82) is 0 Å². The minimum atomic E-state index is -3.69. The van der Waals surface area contributed by atoms with Crippen molar-refractivity contribution < 1.29 is 8.42 Å². The monoisotopic (exact) mass is 358 g/mol. The Balaban J connectivity index is 2.19. The Labute approximate surface area is 151 Å². The van der Waals surface area contributed by atoms with Crippen LogP contribution in [-0.2, 0) is 15.4 Å². The molecule has 0 aliphatic carbocycles. The molecule has 0 heterocycles. The number of nitrogens with zero attached hydrogens (tertiary/aromatic N) is 1. The van der Waals surface area contributed by atoms with Crippen molar-refractivity contribution in [3.63, 3.8) is 0 Å². The fraction of sp³-hybridized carbons (Fsp3) is 0.350. The lowest BCUT2D eigenvalue weighted by Gasteiger charge is -2.18. The Morgan fingerprint density at radius 3 is 1.96 bits per heavy atom. The zero-order chi connectivity index (χ0) is 18.8. The van der Waals surface area contributed by atoms with Crippen LogP contribution in [-0.4, -0.2) is 14.6 Å². The Hall–Kier alpha value is -2.14. The van der Waals surface area contributed by atoms with Crippen LogP contribution in [0.5, 0.6) is 0 Å². The lowest BCUT2D eigenvalue weighted by molar-refractivity contribution is 0.583. The molecule has 2 rings (SSSR count). The van der Waals surface area contributed by atoms with E-state index in [-0.39, 0.29) is 5.41 Å². The first-order chi connectivity index (χ1) is 11.5. The molecule has 0 aliphatic rings. The van der Waals surface area contributed by atoms with Gasteiger partial charge in [-0.2, -0.15) is 13.5 Å². The van der Waals surface area contributed by atoms with Crippen molar-refractivity contribution >= 4 is 16.2 Å². The molecule has 1 N–H and O–H groups in total. The molecule has 0 saturated heterocycles. The maximum absolute atomic E-state index is 12.5. The molecule has 0 amide bonds. The minimum absolute atomic E-state index is 0.0811. The second kappa shape index (κ2) is 7.00. The third kappa shape index (κ3) is 4.69. The van der Waals surface area contributed by atoms with Crippen LogP contribution in [0.1, 0.15) is 48.6 Å². The summed E-state index contributed by atoms with van der Waals surface area (Å²) < 4.78 is 25.1. The second-order valence-electron chi connectivity index (χ2n) is 7.45. The number of rotatable bonds is 4. The summed E-state index contributed by atoms with van der Waals surface area (Å²) in [6, 6.07) is 11.6. The molecule has 25 heavy (non-hydrogen) atoms. The molecule has 4 nitrogen and oxygen atoms in total. The summed E-state index contributed by atoms with van der Waals surface area (Å²) in [5.41, 5.74) is 4.61. The molecule has 0 aliphatic heterocycles. The quantitative estimate of drug-likeness (QED) is 0.657. The molecule has 134 valence electrons. The normalized spacial score (nSPS) is 12.6. The van der Waals surface area contributed by atoms with Gasteiger partial charge in [0.2, 0.25) is 0 Å². The van der Waals surface area contributed by atoms with E-state index in [1.807, 2.05) is 43.3 Å². The number of sulfonamides is 1. The number of benzene rings is 2. The summed E-state index contributed by atoms with van der Waals surface area (Å²) in [7, 11) is -3.69. The minimum Gasteiger partial charge on any atom is -0.200 e.